The van der Waals surface area contributed by atoms with Gasteiger partial charge in [0.1, 0.15) is 0 Å². The average Bonchev–Trinajstić information content (AvgIpc) is 2.93. The van der Waals surface area contributed by atoms with Crippen molar-refractivity contribution in [2.24, 2.45) is 0 Å². The van der Waals surface area contributed by atoms with Gasteiger partial charge in [-0.25, -0.2) is 0 Å². The molecule has 2 heterocycles. The highest BCUT2D eigenvalue weighted by Gasteiger charge is 2.10. The van der Waals surface area contributed by atoms with E-state index in [0.717, 1.165) is 25.1 Å². The normalized spacial score (nSPS) is 12.3. The standard InChI is InChI=1S/C15H20N2OS/c1-3-9-17-11-12(7-8-15(17)18)16-13(4-2)14-6-5-10-19-14/h5-8,10-11,13,16H,3-4,9H2,1-2H3. The molecule has 0 aromatic carbocycles. The van der Waals surface area contributed by atoms with Crippen molar-refractivity contribution in [3.63, 3.8) is 0 Å². The topological polar surface area (TPSA) is 34.0 Å². The number of pyridine rings is 1. The Labute approximate surface area is 117 Å². The fourth-order valence-electron chi connectivity index (χ4n) is 2.10. The van der Waals surface area contributed by atoms with E-state index >= 15 is 0 Å². The van der Waals surface area contributed by atoms with Crippen molar-refractivity contribution in [1.82, 2.24) is 4.57 Å². The van der Waals surface area contributed by atoms with Gasteiger partial charge in [0, 0.05) is 23.7 Å². The van der Waals surface area contributed by atoms with Gasteiger partial charge in [0.15, 0.2) is 0 Å². The summed E-state index contributed by atoms with van der Waals surface area (Å²) >= 11 is 1.76. The molecule has 3 nitrogen and oxygen atoms in total. The number of aryl methyl sites for hydroxylation is 1. The van der Waals surface area contributed by atoms with E-state index in [-0.39, 0.29) is 5.56 Å². The molecule has 0 radical (unpaired) electrons. The lowest BCUT2D eigenvalue weighted by Gasteiger charge is -2.17. The summed E-state index contributed by atoms with van der Waals surface area (Å²) in [7, 11) is 0. The largest absolute Gasteiger partial charge is 0.376 e. The van der Waals surface area contributed by atoms with Crippen molar-refractivity contribution < 1.29 is 0 Å². The maximum absolute atomic E-state index is 11.7. The van der Waals surface area contributed by atoms with E-state index < -0.39 is 0 Å². The molecular formula is C15H20N2OS. The molecule has 1 atom stereocenters. The van der Waals surface area contributed by atoms with Crippen molar-refractivity contribution in [2.45, 2.75) is 39.3 Å². The molecule has 2 aromatic heterocycles. The lowest BCUT2D eigenvalue weighted by Crippen LogP contribution is -2.19. The van der Waals surface area contributed by atoms with Crippen LogP contribution in [0.4, 0.5) is 5.69 Å². The number of hydrogen-bond acceptors (Lipinski definition) is 3. The maximum atomic E-state index is 11.7. The number of aromatic nitrogens is 1. The van der Waals surface area contributed by atoms with Crippen molar-refractivity contribution in [3.05, 3.63) is 51.1 Å². The van der Waals surface area contributed by atoms with Crippen LogP contribution in [0.5, 0.6) is 0 Å². The summed E-state index contributed by atoms with van der Waals surface area (Å²) in [5, 5.41) is 5.60. The second-order valence-electron chi connectivity index (χ2n) is 4.57. The van der Waals surface area contributed by atoms with Gasteiger partial charge < -0.3 is 9.88 Å². The number of nitrogens with zero attached hydrogens (tertiary/aromatic N) is 1. The molecule has 2 rings (SSSR count). The molecule has 0 saturated heterocycles. The van der Waals surface area contributed by atoms with Gasteiger partial charge in [0.25, 0.3) is 5.56 Å². The fourth-order valence-corrected chi connectivity index (χ4v) is 2.96. The lowest BCUT2D eigenvalue weighted by atomic mass is 10.2. The van der Waals surface area contributed by atoms with Gasteiger partial charge in [-0.2, -0.15) is 0 Å². The molecule has 0 aliphatic heterocycles. The zero-order valence-corrected chi connectivity index (χ0v) is 12.2. The van der Waals surface area contributed by atoms with E-state index in [1.54, 1.807) is 22.0 Å². The molecule has 1 N–H and O–H groups in total. The first kappa shape index (κ1) is 13.9. The predicted molar refractivity (Wildman–Crippen MR) is 82.0 cm³/mol. The number of anilines is 1. The molecule has 0 bridgehead atoms. The van der Waals surface area contributed by atoms with Gasteiger partial charge in [-0.05, 0) is 30.4 Å². The molecule has 0 amide bonds. The molecule has 19 heavy (non-hydrogen) atoms. The molecule has 0 aliphatic rings. The van der Waals surface area contributed by atoms with Crippen molar-refractivity contribution in [1.29, 1.82) is 0 Å². The van der Waals surface area contributed by atoms with Crippen molar-refractivity contribution in [3.8, 4) is 0 Å². The minimum atomic E-state index is 0.0663. The van der Waals surface area contributed by atoms with Crippen LogP contribution in [0.2, 0.25) is 0 Å². The predicted octanol–water partition coefficient (Wildman–Crippen LogP) is 3.88. The Hall–Kier alpha value is -1.55. The van der Waals surface area contributed by atoms with Crippen LogP contribution in [0, 0.1) is 0 Å². The average molecular weight is 276 g/mol. The Balaban J connectivity index is 2.18. The summed E-state index contributed by atoms with van der Waals surface area (Å²) in [6.07, 6.45) is 3.90. The van der Waals surface area contributed by atoms with E-state index in [1.165, 1.54) is 4.88 Å². The zero-order chi connectivity index (χ0) is 13.7. The Bertz CT molecular complexity index is 560. The maximum Gasteiger partial charge on any atom is 0.250 e. The van der Waals surface area contributed by atoms with E-state index in [1.807, 2.05) is 12.3 Å². The molecular weight excluding hydrogens is 256 g/mol. The molecule has 4 heteroatoms. The van der Waals surface area contributed by atoms with E-state index in [9.17, 15) is 4.79 Å². The number of nitrogens with one attached hydrogen (secondary N) is 1. The van der Waals surface area contributed by atoms with E-state index in [4.69, 9.17) is 0 Å². The van der Waals surface area contributed by atoms with Crippen LogP contribution >= 0.6 is 11.3 Å². The Morgan fingerprint density at radius 1 is 1.32 bits per heavy atom. The molecule has 0 aliphatic carbocycles. The van der Waals surface area contributed by atoms with Crippen molar-refractivity contribution >= 4 is 17.0 Å². The minimum Gasteiger partial charge on any atom is -0.376 e. The third-order valence-electron chi connectivity index (χ3n) is 3.08. The Kier molecular flexibility index (Phi) is 4.80. The zero-order valence-electron chi connectivity index (χ0n) is 11.4. The lowest BCUT2D eigenvalue weighted by molar-refractivity contribution is 0.652. The molecule has 0 saturated carbocycles. The third-order valence-corrected chi connectivity index (χ3v) is 4.07. The Morgan fingerprint density at radius 2 is 2.16 bits per heavy atom. The van der Waals surface area contributed by atoms with Crippen LogP contribution in [-0.2, 0) is 6.54 Å². The first-order valence-corrected chi connectivity index (χ1v) is 7.63. The van der Waals surface area contributed by atoms with E-state index in [2.05, 4.69) is 36.7 Å². The Morgan fingerprint density at radius 3 is 2.79 bits per heavy atom. The summed E-state index contributed by atoms with van der Waals surface area (Å²) in [6, 6.07) is 8.03. The summed E-state index contributed by atoms with van der Waals surface area (Å²) < 4.78 is 1.77. The van der Waals surface area contributed by atoms with Crippen LogP contribution in [0.3, 0.4) is 0 Å². The van der Waals surface area contributed by atoms with Crippen LogP contribution in [0.25, 0.3) is 0 Å². The van der Waals surface area contributed by atoms with Crippen LogP contribution in [-0.4, -0.2) is 4.57 Å². The highest BCUT2D eigenvalue weighted by Crippen LogP contribution is 2.25. The summed E-state index contributed by atoms with van der Waals surface area (Å²) in [4.78, 5) is 13.0. The number of thiophene rings is 1. The number of rotatable bonds is 6. The van der Waals surface area contributed by atoms with Gasteiger partial charge in [-0.1, -0.05) is 19.9 Å². The molecule has 102 valence electrons. The molecule has 0 fully saturated rings. The van der Waals surface area contributed by atoms with Crippen LogP contribution < -0.4 is 10.9 Å². The first-order chi connectivity index (χ1) is 9.24. The third kappa shape index (κ3) is 3.47. The number of hydrogen-bond donors (Lipinski definition) is 1. The van der Waals surface area contributed by atoms with E-state index in [0.29, 0.717) is 6.04 Å². The second-order valence-corrected chi connectivity index (χ2v) is 5.55. The van der Waals surface area contributed by atoms with Gasteiger partial charge in [0.05, 0.1) is 11.7 Å². The van der Waals surface area contributed by atoms with Gasteiger partial charge >= 0.3 is 0 Å². The quantitative estimate of drug-likeness (QED) is 0.868. The summed E-state index contributed by atoms with van der Waals surface area (Å²) in [5.74, 6) is 0. The fraction of sp³-hybridized carbons (Fsp3) is 0.400. The van der Waals surface area contributed by atoms with Gasteiger partial charge in [-0.3, -0.25) is 4.79 Å². The molecule has 1 unspecified atom stereocenters. The van der Waals surface area contributed by atoms with Gasteiger partial charge in [-0.15, -0.1) is 11.3 Å². The SMILES string of the molecule is CCCn1cc(NC(CC)c2cccs2)ccc1=O. The minimum absolute atomic E-state index is 0.0663. The summed E-state index contributed by atoms with van der Waals surface area (Å²) in [5.41, 5.74) is 1.07. The highest BCUT2D eigenvalue weighted by molar-refractivity contribution is 7.10. The second kappa shape index (κ2) is 6.57. The summed E-state index contributed by atoms with van der Waals surface area (Å²) in [6.45, 7) is 5.01. The van der Waals surface area contributed by atoms with Gasteiger partial charge in [0.2, 0.25) is 0 Å². The molecule has 2 aromatic rings. The van der Waals surface area contributed by atoms with Crippen LogP contribution in [0.15, 0.2) is 40.6 Å². The smallest absolute Gasteiger partial charge is 0.250 e. The highest BCUT2D eigenvalue weighted by atomic mass is 32.1. The van der Waals surface area contributed by atoms with Crippen LogP contribution in [0.1, 0.15) is 37.6 Å². The monoisotopic (exact) mass is 276 g/mol. The molecule has 0 spiro atoms. The first-order valence-electron chi connectivity index (χ1n) is 6.75. The van der Waals surface area contributed by atoms with Crippen molar-refractivity contribution in [2.75, 3.05) is 5.32 Å².